The molecule has 0 aromatic heterocycles. The van der Waals surface area contributed by atoms with Crippen LogP contribution in [0.15, 0.2) is 18.0 Å². The van der Waals surface area contributed by atoms with E-state index in [0.717, 1.165) is 6.08 Å². The number of rotatable bonds is 5. The Bertz CT molecular complexity index is 456. The second kappa shape index (κ2) is 5.90. The molecule has 5 nitrogen and oxygen atoms in total. The molecule has 0 amide bonds. The van der Waals surface area contributed by atoms with Gasteiger partial charge >= 0.3 is 5.97 Å². The summed E-state index contributed by atoms with van der Waals surface area (Å²) in [5, 5.41) is 8.52. The standard InChI is InChI=1S/C12H13FO5/c1-16-7-4-10(17-2)8(11(5-7)18-3)6-9(13)12(14)15/h4-6H,1-3H3,(H,14,15). The highest BCUT2D eigenvalue weighted by molar-refractivity contribution is 5.90. The number of benzene rings is 1. The number of ether oxygens (including phenoxy) is 3. The minimum atomic E-state index is -1.66. The van der Waals surface area contributed by atoms with Gasteiger partial charge in [0.05, 0.1) is 26.9 Å². The van der Waals surface area contributed by atoms with E-state index in [4.69, 9.17) is 19.3 Å². The molecule has 1 aromatic carbocycles. The minimum Gasteiger partial charge on any atom is -0.496 e. The molecule has 0 bridgehead atoms. The van der Waals surface area contributed by atoms with Crippen molar-refractivity contribution in [3.63, 3.8) is 0 Å². The maximum absolute atomic E-state index is 13.1. The molecule has 0 heterocycles. The normalized spacial score (nSPS) is 11.0. The quantitative estimate of drug-likeness (QED) is 0.817. The van der Waals surface area contributed by atoms with Crippen LogP contribution in [-0.4, -0.2) is 32.4 Å². The van der Waals surface area contributed by atoms with Crippen LogP contribution in [-0.2, 0) is 4.79 Å². The van der Waals surface area contributed by atoms with Gasteiger partial charge in [0.25, 0.3) is 0 Å². The lowest BCUT2D eigenvalue weighted by atomic mass is 10.1. The van der Waals surface area contributed by atoms with Crippen molar-refractivity contribution in [1.29, 1.82) is 0 Å². The Balaban J connectivity index is 3.40. The van der Waals surface area contributed by atoms with Crippen LogP contribution < -0.4 is 14.2 Å². The van der Waals surface area contributed by atoms with Gasteiger partial charge in [0, 0.05) is 12.1 Å². The summed E-state index contributed by atoms with van der Waals surface area (Å²) in [7, 11) is 4.22. The van der Waals surface area contributed by atoms with Crippen LogP contribution in [0.3, 0.4) is 0 Å². The summed E-state index contributed by atoms with van der Waals surface area (Å²) in [6, 6.07) is 3.01. The van der Waals surface area contributed by atoms with E-state index in [0.29, 0.717) is 5.75 Å². The van der Waals surface area contributed by atoms with E-state index < -0.39 is 11.8 Å². The smallest absolute Gasteiger partial charge is 0.364 e. The van der Waals surface area contributed by atoms with Crippen molar-refractivity contribution in [1.82, 2.24) is 0 Å². The fourth-order valence-electron chi connectivity index (χ4n) is 1.36. The van der Waals surface area contributed by atoms with E-state index in [1.807, 2.05) is 0 Å². The van der Waals surface area contributed by atoms with Gasteiger partial charge in [-0.2, -0.15) is 4.39 Å². The second-order valence-electron chi connectivity index (χ2n) is 3.24. The van der Waals surface area contributed by atoms with Crippen LogP contribution in [0.4, 0.5) is 4.39 Å². The van der Waals surface area contributed by atoms with Crippen molar-refractivity contribution in [3.8, 4) is 17.2 Å². The van der Waals surface area contributed by atoms with Gasteiger partial charge in [0.15, 0.2) is 0 Å². The summed E-state index contributed by atoms with van der Waals surface area (Å²) in [6.07, 6.45) is 0.833. The van der Waals surface area contributed by atoms with Gasteiger partial charge < -0.3 is 19.3 Å². The van der Waals surface area contributed by atoms with Crippen molar-refractivity contribution < 1.29 is 28.5 Å². The molecule has 0 saturated heterocycles. The Morgan fingerprint density at radius 3 is 2.00 bits per heavy atom. The first-order valence-electron chi connectivity index (χ1n) is 4.94. The Morgan fingerprint density at radius 2 is 1.67 bits per heavy atom. The third-order valence-corrected chi connectivity index (χ3v) is 2.23. The molecule has 1 aromatic rings. The van der Waals surface area contributed by atoms with Crippen LogP contribution in [0, 0.1) is 0 Å². The van der Waals surface area contributed by atoms with Gasteiger partial charge in [0.1, 0.15) is 17.2 Å². The molecule has 0 fully saturated rings. The molecule has 1 rings (SSSR count). The fourth-order valence-corrected chi connectivity index (χ4v) is 1.36. The molecule has 0 radical (unpaired) electrons. The van der Waals surface area contributed by atoms with Crippen LogP contribution in [0.1, 0.15) is 5.56 Å². The molecule has 0 saturated carbocycles. The zero-order valence-corrected chi connectivity index (χ0v) is 10.2. The van der Waals surface area contributed by atoms with Gasteiger partial charge in [-0.15, -0.1) is 0 Å². The molecule has 98 valence electrons. The summed E-state index contributed by atoms with van der Waals surface area (Å²) in [5.74, 6) is -2.01. The van der Waals surface area contributed by atoms with E-state index in [9.17, 15) is 9.18 Å². The van der Waals surface area contributed by atoms with Gasteiger partial charge in [-0.25, -0.2) is 4.79 Å². The monoisotopic (exact) mass is 256 g/mol. The lowest BCUT2D eigenvalue weighted by Gasteiger charge is -2.12. The molecule has 18 heavy (non-hydrogen) atoms. The number of carboxylic acid groups (broad SMARTS) is 1. The van der Waals surface area contributed by atoms with Gasteiger partial charge in [-0.3, -0.25) is 0 Å². The van der Waals surface area contributed by atoms with Crippen LogP contribution in [0.2, 0.25) is 0 Å². The number of methoxy groups -OCH3 is 3. The minimum absolute atomic E-state index is 0.195. The van der Waals surface area contributed by atoms with Crippen molar-refractivity contribution in [2.75, 3.05) is 21.3 Å². The van der Waals surface area contributed by atoms with E-state index >= 15 is 0 Å². The molecule has 0 spiro atoms. The predicted molar refractivity (Wildman–Crippen MR) is 62.8 cm³/mol. The number of halogens is 1. The van der Waals surface area contributed by atoms with Gasteiger partial charge in [-0.05, 0) is 6.08 Å². The molecular weight excluding hydrogens is 243 g/mol. The van der Waals surface area contributed by atoms with Crippen molar-refractivity contribution >= 4 is 12.0 Å². The third kappa shape index (κ3) is 2.91. The average molecular weight is 256 g/mol. The fraction of sp³-hybridized carbons (Fsp3) is 0.250. The second-order valence-corrected chi connectivity index (χ2v) is 3.24. The number of hydrogen-bond acceptors (Lipinski definition) is 4. The van der Waals surface area contributed by atoms with E-state index in [2.05, 4.69) is 0 Å². The van der Waals surface area contributed by atoms with Crippen molar-refractivity contribution in [2.45, 2.75) is 0 Å². The summed E-state index contributed by atoms with van der Waals surface area (Å²) >= 11 is 0. The first-order chi connectivity index (χ1) is 8.53. The molecule has 0 atom stereocenters. The van der Waals surface area contributed by atoms with E-state index in [-0.39, 0.29) is 17.1 Å². The van der Waals surface area contributed by atoms with Crippen molar-refractivity contribution in [3.05, 3.63) is 23.5 Å². The Hall–Kier alpha value is -2.24. The predicted octanol–water partition coefficient (Wildman–Crippen LogP) is 2.11. The third-order valence-electron chi connectivity index (χ3n) is 2.23. The average Bonchev–Trinajstić information content (AvgIpc) is 2.38. The summed E-state index contributed by atoms with van der Waals surface area (Å²) in [5.41, 5.74) is 0.195. The molecule has 1 N–H and O–H groups in total. The maximum Gasteiger partial charge on any atom is 0.364 e. The Kier molecular flexibility index (Phi) is 4.53. The van der Waals surface area contributed by atoms with Crippen LogP contribution in [0.25, 0.3) is 6.08 Å². The Labute approximate surface area is 103 Å². The first kappa shape index (κ1) is 13.8. The summed E-state index contributed by atoms with van der Waals surface area (Å²) < 4.78 is 28.3. The SMILES string of the molecule is COc1cc(OC)c(C=C(F)C(=O)O)c(OC)c1. The van der Waals surface area contributed by atoms with Crippen LogP contribution in [0.5, 0.6) is 17.2 Å². The zero-order chi connectivity index (χ0) is 13.7. The lowest BCUT2D eigenvalue weighted by molar-refractivity contribution is -0.134. The molecular formula is C12H13FO5. The topological polar surface area (TPSA) is 65.0 Å². The van der Waals surface area contributed by atoms with Gasteiger partial charge in [-0.1, -0.05) is 0 Å². The number of hydrogen-bond donors (Lipinski definition) is 1. The van der Waals surface area contributed by atoms with Crippen molar-refractivity contribution in [2.24, 2.45) is 0 Å². The summed E-state index contributed by atoms with van der Waals surface area (Å²) in [4.78, 5) is 10.5. The van der Waals surface area contributed by atoms with Gasteiger partial charge in [0.2, 0.25) is 5.83 Å². The molecule has 0 unspecified atom stereocenters. The molecule has 0 aliphatic carbocycles. The molecule has 0 aliphatic heterocycles. The largest absolute Gasteiger partial charge is 0.496 e. The molecule has 6 heteroatoms. The Morgan fingerprint density at radius 1 is 1.17 bits per heavy atom. The zero-order valence-electron chi connectivity index (χ0n) is 10.2. The van der Waals surface area contributed by atoms with E-state index in [1.54, 1.807) is 0 Å². The van der Waals surface area contributed by atoms with E-state index in [1.165, 1.54) is 33.5 Å². The maximum atomic E-state index is 13.1. The molecule has 0 aliphatic rings. The van der Waals surface area contributed by atoms with Crippen LogP contribution >= 0.6 is 0 Å². The highest BCUT2D eigenvalue weighted by Crippen LogP contribution is 2.35. The number of aliphatic carboxylic acids is 1. The lowest BCUT2D eigenvalue weighted by Crippen LogP contribution is -1.98. The first-order valence-corrected chi connectivity index (χ1v) is 4.94. The number of carbonyl (C=O) groups is 1. The highest BCUT2D eigenvalue weighted by Gasteiger charge is 2.14. The highest BCUT2D eigenvalue weighted by atomic mass is 19.1. The number of carboxylic acids is 1. The summed E-state index contributed by atoms with van der Waals surface area (Å²) in [6.45, 7) is 0.